The predicted octanol–water partition coefficient (Wildman–Crippen LogP) is 1.94. The largest absolute Gasteiger partial charge is 0.408 e. The summed E-state index contributed by atoms with van der Waals surface area (Å²) >= 11 is 0. The molecule has 1 aromatic carbocycles. The molecule has 1 N–H and O–H groups in total. The van der Waals surface area contributed by atoms with Gasteiger partial charge in [0.25, 0.3) is 0 Å². The molecule has 1 aliphatic heterocycles. The summed E-state index contributed by atoms with van der Waals surface area (Å²) in [5.74, 6) is 0.756. The van der Waals surface area contributed by atoms with E-state index in [4.69, 9.17) is 4.42 Å². The van der Waals surface area contributed by atoms with Crippen molar-refractivity contribution in [3.8, 4) is 0 Å². The summed E-state index contributed by atoms with van der Waals surface area (Å²) in [5, 5.41) is 10.8. The summed E-state index contributed by atoms with van der Waals surface area (Å²) in [4.78, 5) is 13.7. The molecule has 1 atom stereocenters. The molecule has 0 unspecified atom stereocenters. The van der Waals surface area contributed by atoms with Gasteiger partial charge in [-0.2, -0.15) is 0 Å². The molecule has 0 spiro atoms. The first-order valence-corrected chi connectivity index (χ1v) is 6.54. The molecule has 0 fully saturated rings. The number of carbonyl (C=O) groups excluding carboxylic acids is 1. The lowest BCUT2D eigenvalue weighted by atomic mass is 9.89. The van der Waals surface area contributed by atoms with Crippen LogP contribution in [0.3, 0.4) is 0 Å². The fourth-order valence-corrected chi connectivity index (χ4v) is 2.49. The maximum atomic E-state index is 12.0. The zero-order chi connectivity index (χ0) is 14.1. The summed E-state index contributed by atoms with van der Waals surface area (Å²) in [6.07, 6.45) is 0.480. The standard InChI is InChI=1S/C14H16N4O2/c1-9-16-17-14(20-9)15-8-10-7-13(19)18(2)12-6-4-3-5-11(10)12/h3-6,10H,7-8H2,1-2H3,(H,15,17)/t10-/m0/s1. The van der Waals surface area contributed by atoms with E-state index in [9.17, 15) is 4.79 Å². The van der Waals surface area contributed by atoms with Crippen LogP contribution >= 0.6 is 0 Å². The number of hydrogen-bond donors (Lipinski definition) is 1. The highest BCUT2D eigenvalue weighted by molar-refractivity contribution is 5.96. The molecule has 0 radical (unpaired) electrons. The summed E-state index contributed by atoms with van der Waals surface area (Å²) in [6.45, 7) is 2.34. The molecule has 1 aliphatic rings. The van der Waals surface area contributed by atoms with Gasteiger partial charge >= 0.3 is 6.01 Å². The van der Waals surface area contributed by atoms with Crippen LogP contribution in [0.15, 0.2) is 28.7 Å². The average molecular weight is 272 g/mol. The number of carbonyl (C=O) groups is 1. The minimum atomic E-state index is 0.113. The number of fused-ring (bicyclic) bond motifs is 1. The Labute approximate surface area is 116 Å². The molecule has 104 valence electrons. The molecular formula is C14H16N4O2. The van der Waals surface area contributed by atoms with Gasteiger partial charge in [0.2, 0.25) is 11.8 Å². The van der Waals surface area contributed by atoms with Gasteiger partial charge in [0.05, 0.1) is 0 Å². The summed E-state index contributed by atoms with van der Waals surface area (Å²) in [7, 11) is 1.81. The van der Waals surface area contributed by atoms with Crippen molar-refractivity contribution in [2.45, 2.75) is 19.3 Å². The smallest absolute Gasteiger partial charge is 0.315 e. The third-order valence-corrected chi connectivity index (χ3v) is 3.56. The third-order valence-electron chi connectivity index (χ3n) is 3.56. The van der Waals surface area contributed by atoms with E-state index in [1.54, 1.807) is 11.8 Å². The van der Waals surface area contributed by atoms with E-state index in [-0.39, 0.29) is 11.8 Å². The van der Waals surface area contributed by atoms with E-state index >= 15 is 0 Å². The fraction of sp³-hybridized carbons (Fsp3) is 0.357. The number of aryl methyl sites for hydroxylation is 1. The second kappa shape index (κ2) is 4.96. The number of benzene rings is 1. The average Bonchev–Trinajstić information content (AvgIpc) is 2.87. The molecule has 1 amide bonds. The number of hydrogen-bond acceptors (Lipinski definition) is 5. The lowest BCUT2D eigenvalue weighted by Crippen LogP contribution is -2.35. The number of amides is 1. The zero-order valence-corrected chi connectivity index (χ0v) is 11.5. The molecular weight excluding hydrogens is 256 g/mol. The lowest BCUT2D eigenvalue weighted by Gasteiger charge is -2.31. The topological polar surface area (TPSA) is 71.3 Å². The molecule has 3 rings (SSSR count). The molecule has 0 bridgehead atoms. The van der Waals surface area contributed by atoms with E-state index in [1.165, 1.54) is 5.56 Å². The molecule has 20 heavy (non-hydrogen) atoms. The Hall–Kier alpha value is -2.37. The monoisotopic (exact) mass is 272 g/mol. The zero-order valence-electron chi connectivity index (χ0n) is 11.5. The van der Waals surface area contributed by atoms with Gasteiger partial charge in [0.1, 0.15) is 0 Å². The van der Waals surface area contributed by atoms with Crippen LogP contribution in [0.2, 0.25) is 0 Å². The van der Waals surface area contributed by atoms with Crippen LogP contribution in [-0.4, -0.2) is 29.7 Å². The summed E-state index contributed by atoms with van der Waals surface area (Å²) < 4.78 is 5.28. The molecule has 0 saturated carbocycles. The molecule has 6 nitrogen and oxygen atoms in total. The molecule has 2 heterocycles. The molecule has 0 saturated heterocycles. The van der Waals surface area contributed by atoms with Crippen LogP contribution in [0.5, 0.6) is 0 Å². The van der Waals surface area contributed by atoms with Crippen LogP contribution in [0.1, 0.15) is 23.8 Å². The molecule has 1 aromatic heterocycles. The number of aromatic nitrogens is 2. The first kappa shape index (κ1) is 12.7. The molecule has 6 heteroatoms. The van der Waals surface area contributed by atoms with Gasteiger partial charge < -0.3 is 14.6 Å². The molecule has 0 aliphatic carbocycles. The van der Waals surface area contributed by atoms with Crippen LogP contribution in [0.25, 0.3) is 0 Å². The lowest BCUT2D eigenvalue weighted by molar-refractivity contribution is -0.119. The van der Waals surface area contributed by atoms with Crippen molar-refractivity contribution in [3.63, 3.8) is 0 Å². The Morgan fingerprint density at radius 2 is 2.20 bits per heavy atom. The van der Waals surface area contributed by atoms with Crippen molar-refractivity contribution in [1.29, 1.82) is 0 Å². The van der Waals surface area contributed by atoms with Gasteiger partial charge in [-0.15, -0.1) is 5.10 Å². The third kappa shape index (κ3) is 2.24. The number of rotatable bonds is 3. The van der Waals surface area contributed by atoms with Gasteiger partial charge in [0, 0.05) is 38.5 Å². The van der Waals surface area contributed by atoms with Crippen molar-refractivity contribution in [3.05, 3.63) is 35.7 Å². The van der Waals surface area contributed by atoms with E-state index in [1.807, 2.05) is 25.2 Å². The highest BCUT2D eigenvalue weighted by Crippen LogP contribution is 2.34. The minimum Gasteiger partial charge on any atom is -0.408 e. The van der Waals surface area contributed by atoms with Crippen LogP contribution < -0.4 is 10.2 Å². The van der Waals surface area contributed by atoms with Crippen LogP contribution in [-0.2, 0) is 4.79 Å². The summed E-state index contributed by atoms with van der Waals surface area (Å²) in [5.41, 5.74) is 2.13. The van der Waals surface area contributed by atoms with E-state index in [0.717, 1.165) is 5.69 Å². The number of nitrogens with zero attached hydrogens (tertiary/aromatic N) is 3. The minimum absolute atomic E-state index is 0.113. The van der Waals surface area contributed by atoms with Crippen molar-refractivity contribution in [2.75, 3.05) is 23.8 Å². The maximum absolute atomic E-state index is 12.0. The normalized spacial score (nSPS) is 18.0. The van der Waals surface area contributed by atoms with Crippen molar-refractivity contribution < 1.29 is 9.21 Å². The Kier molecular flexibility index (Phi) is 3.14. The highest BCUT2D eigenvalue weighted by Gasteiger charge is 2.28. The van der Waals surface area contributed by atoms with Crippen molar-refractivity contribution >= 4 is 17.6 Å². The SMILES string of the molecule is Cc1nnc(NC[C@@H]2CC(=O)N(C)c3ccccc32)o1. The Morgan fingerprint density at radius 1 is 1.40 bits per heavy atom. The first-order chi connectivity index (χ1) is 9.65. The number of para-hydroxylation sites is 1. The molecule has 2 aromatic rings. The Morgan fingerprint density at radius 3 is 2.95 bits per heavy atom. The van der Waals surface area contributed by atoms with Gasteiger partial charge in [-0.25, -0.2) is 0 Å². The highest BCUT2D eigenvalue weighted by atomic mass is 16.4. The Bertz CT molecular complexity index is 638. The maximum Gasteiger partial charge on any atom is 0.315 e. The van der Waals surface area contributed by atoms with E-state index in [2.05, 4.69) is 21.6 Å². The number of nitrogens with one attached hydrogen (secondary N) is 1. The van der Waals surface area contributed by atoms with E-state index < -0.39 is 0 Å². The van der Waals surface area contributed by atoms with Gasteiger partial charge in [-0.1, -0.05) is 23.3 Å². The Balaban J connectivity index is 1.80. The van der Waals surface area contributed by atoms with Crippen LogP contribution in [0.4, 0.5) is 11.7 Å². The van der Waals surface area contributed by atoms with Crippen molar-refractivity contribution in [2.24, 2.45) is 0 Å². The van der Waals surface area contributed by atoms with Gasteiger partial charge in [0.15, 0.2) is 0 Å². The predicted molar refractivity (Wildman–Crippen MR) is 74.7 cm³/mol. The second-order valence-electron chi connectivity index (χ2n) is 4.92. The van der Waals surface area contributed by atoms with E-state index in [0.29, 0.717) is 24.9 Å². The summed E-state index contributed by atoms with van der Waals surface area (Å²) in [6, 6.07) is 8.36. The van der Waals surface area contributed by atoms with Crippen molar-refractivity contribution in [1.82, 2.24) is 10.2 Å². The number of anilines is 2. The second-order valence-corrected chi connectivity index (χ2v) is 4.92. The van der Waals surface area contributed by atoms with Crippen LogP contribution in [0, 0.1) is 6.92 Å². The van der Waals surface area contributed by atoms with Gasteiger partial charge in [-0.3, -0.25) is 4.79 Å². The van der Waals surface area contributed by atoms with Gasteiger partial charge in [-0.05, 0) is 11.6 Å². The quantitative estimate of drug-likeness (QED) is 0.924. The fourth-order valence-electron chi connectivity index (χ4n) is 2.49. The first-order valence-electron chi connectivity index (χ1n) is 6.54.